The summed E-state index contributed by atoms with van der Waals surface area (Å²) < 4.78 is 1.70. The number of fused-ring (bicyclic) bond motifs is 2. The zero-order chi connectivity index (χ0) is 19.3. The van der Waals surface area contributed by atoms with E-state index in [4.69, 9.17) is 5.73 Å². The van der Waals surface area contributed by atoms with Gasteiger partial charge in [-0.1, -0.05) is 6.07 Å². The molecule has 1 spiro atoms. The molecule has 5 rings (SSSR count). The number of hydrogen-bond acceptors (Lipinski definition) is 6. The fourth-order valence-electron chi connectivity index (χ4n) is 4.63. The standard InChI is InChI=1S/C20H22N6OS/c1-25-15(10-14(24-25)16-4-2-9-28-16)18(27)26-8-3-6-20(12-26)7-5-13-11-22-19(21)23-17(13)20/h2,4,9-11H,3,5-8,12H2,1H3,(H2,21,22,23). The van der Waals surface area contributed by atoms with Gasteiger partial charge in [0.2, 0.25) is 5.95 Å². The first-order valence-corrected chi connectivity index (χ1v) is 10.4. The number of nitrogens with zero attached hydrogens (tertiary/aromatic N) is 5. The molecule has 1 aliphatic heterocycles. The number of thiophene rings is 1. The molecule has 1 amide bonds. The van der Waals surface area contributed by atoms with E-state index in [-0.39, 0.29) is 11.3 Å². The number of nitrogen functional groups attached to an aromatic ring is 1. The van der Waals surface area contributed by atoms with E-state index in [1.165, 1.54) is 5.56 Å². The van der Waals surface area contributed by atoms with Gasteiger partial charge in [0.1, 0.15) is 11.4 Å². The van der Waals surface area contributed by atoms with Crippen LogP contribution in [0.25, 0.3) is 10.6 Å². The lowest BCUT2D eigenvalue weighted by Gasteiger charge is -2.40. The maximum absolute atomic E-state index is 13.3. The van der Waals surface area contributed by atoms with Crippen LogP contribution in [0, 0.1) is 0 Å². The highest BCUT2D eigenvalue weighted by molar-refractivity contribution is 7.13. The molecule has 1 unspecified atom stereocenters. The van der Waals surface area contributed by atoms with Gasteiger partial charge in [0.05, 0.1) is 10.6 Å². The summed E-state index contributed by atoms with van der Waals surface area (Å²) >= 11 is 1.63. The van der Waals surface area contributed by atoms with Gasteiger partial charge >= 0.3 is 0 Å². The first kappa shape index (κ1) is 17.4. The van der Waals surface area contributed by atoms with Gasteiger partial charge in [0.15, 0.2) is 0 Å². The molecule has 8 heteroatoms. The van der Waals surface area contributed by atoms with Crippen LogP contribution in [0.3, 0.4) is 0 Å². The van der Waals surface area contributed by atoms with Crippen molar-refractivity contribution in [1.29, 1.82) is 0 Å². The van der Waals surface area contributed by atoms with Gasteiger partial charge in [0.25, 0.3) is 5.91 Å². The molecule has 28 heavy (non-hydrogen) atoms. The Balaban J connectivity index is 1.44. The quantitative estimate of drug-likeness (QED) is 0.722. The highest BCUT2D eigenvalue weighted by Gasteiger charge is 2.45. The molecule has 2 aliphatic rings. The van der Waals surface area contributed by atoms with E-state index in [9.17, 15) is 4.79 Å². The summed E-state index contributed by atoms with van der Waals surface area (Å²) in [6.45, 7) is 1.44. The number of carbonyl (C=O) groups is 1. The van der Waals surface area contributed by atoms with Crippen LogP contribution in [0.5, 0.6) is 0 Å². The van der Waals surface area contributed by atoms with Crippen LogP contribution in [0.1, 0.15) is 41.0 Å². The Morgan fingerprint density at radius 1 is 1.36 bits per heavy atom. The van der Waals surface area contributed by atoms with E-state index < -0.39 is 0 Å². The predicted octanol–water partition coefficient (Wildman–Crippen LogP) is 2.64. The summed E-state index contributed by atoms with van der Waals surface area (Å²) in [6.07, 6.45) is 5.79. The number of piperidine rings is 1. The molecule has 3 aromatic heterocycles. The van der Waals surface area contributed by atoms with Crippen molar-refractivity contribution in [2.45, 2.75) is 31.1 Å². The Hall–Kier alpha value is -2.74. The smallest absolute Gasteiger partial charge is 0.272 e. The number of carbonyl (C=O) groups excluding carboxylic acids is 1. The van der Waals surface area contributed by atoms with Gasteiger partial charge in [-0.2, -0.15) is 5.10 Å². The monoisotopic (exact) mass is 394 g/mol. The number of hydrogen-bond donors (Lipinski definition) is 1. The maximum Gasteiger partial charge on any atom is 0.272 e. The van der Waals surface area contributed by atoms with Crippen molar-refractivity contribution in [2.75, 3.05) is 18.8 Å². The number of likely N-dealkylation sites (tertiary alicyclic amines) is 1. The molecule has 4 heterocycles. The molecular formula is C20H22N6OS. The van der Waals surface area contributed by atoms with Crippen LogP contribution in [0.2, 0.25) is 0 Å². The molecule has 1 fully saturated rings. The lowest BCUT2D eigenvalue weighted by molar-refractivity contribution is 0.0622. The van der Waals surface area contributed by atoms with E-state index in [0.29, 0.717) is 18.2 Å². The van der Waals surface area contributed by atoms with Crippen molar-refractivity contribution < 1.29 is 4.79 Å². The lowest BCUT2D eigenvalue weighted by Crippen LogP contribution is -2.48. The minimum Gasteiger partial charge on any atom is -0.368 e. The van der Waals surface area contributed by atoms with Crippen LogP contribution >= 0.6 is 11.3 Å². The van der Waals surface area contributed by atoms with Crippen LogP contribution in [0.4, 0.5) is 5.95 Å². The van der Waals surface area contributed by atoms with Gasteiger partial charge in [-0.15, -0.1) is 11.3 Å². The van der Waals surface area contributed by atoms with Gasteiger partial charge in [-0.05, 0) is 48.8 Å². The number of aryl methyl sites for hydroxylation is 2. The fraction of sp³-hybridized carbons (Fsp3) is 0.400. The Kier molecular flexibility index (Phi) is 3.97. The second kappa shape index (κ2) is 6.41. The molecule has 2 N–H and O–H groups in total. The summed E-state index contributed by atoms with van der Waals surface area (Å²) in [4.78, 5) is 25.1. The van der Waals surface area contributed by atoms with Gasteiger partial charge in [-0.3, -0.25) is 9.48 Å². The van der Waals surface area contributed by atoms with Crippen molar-refractivity contribution >= 4 is 23.2 Å². The van der Waals surface area contributed by atoms with Crippen LogP contribution in [-0.2, 0) is 18.9 Å². The summed E-state index contributed by atoms with van der Waals surface area (Å²) in [5, 5.41) is 6.57. The van der Waals surface area contributed by atoms with Gasteiger partial charge in [-0.25, -0.2) is 9.97 Å². The Bertz CT molecular complexity index is 1040. The molecule has 0 aromatic carbocycles. The van der Waals surface area contributed by atoms with E-state index in [1.54, 1.807) is 16.0 Å². The van der Waals surface area contributed by atoms with Gasteiger partial charge < -0.3 is 10.6 Å². The molecular weight excluding hydrogens is 372 g/mol. The molecule has 144 valence electrons. The lowest BCUT2D eigenvalue weighted by atomic mass is 9.77. The molecule has 1 aliphatic carbocycles. The number of amides is 1. The molecule has 0 radical (unpaired) electrons. The van der Waals surface area contributed by atoms with Crippen molar-refractivity contribution in [1.82, 2.24) is 24.6 Å². The first-order valence-electron chi connectivity index (χ1n) is 9.55. The molecule has 3 aromatic rings. The van der Waals surface area contributed by atoms with Crippen molar-refractivity contribution in [2.24, 2.45) is 7.05 Å². The zero-order valence-corrected chi connectivity index (χ0v) is 16.6. The minimum absolute atomic E-state index is 0.0346. The van der Waals surface area contributed by atoms with Crippen LogP contribution < -0.4 is 5.73 Å². The number of anilines is 1. The Morgan fingerprint density at radius 2 is 2.25 bits per heavy atom. The summed E-state index contributed by atoms with van der Waals surface area (Å²) in [6, 6.07) is 5.92. The van der Waals surface area contributed by atoms with E-state index in [2.05, 4.69) is 15.1 Å². The summed E-state index contributed by atoms with van der Waals surface area (Å²) in [7, 11) is 1.84. The number of rotatable bonds is 2. The highest BCUT2D eigenvalue weighted by Crippen LogP contribution is 2.44. The molecule has 7 nitrogen and oxygen atoms in total. The molecule has 1 atom stereocenters. The topological polar surface area (TPSA) is 89.9 Å². The highest BCUT2D eigenvalue weighted by atomic mass is 32.1. The van der Waals surface area contributed by atoms with Gasteiger partial charge in [0, 0.05) is 31.7 Å². The average molecular weight is 395 g/mol. The number of aromatic nitrogens is 4. The van der Waals surface area contributed by atoms with Crippen molar-refractivity contribution in [3.63, 3.8) is 0 Å². The van der Waals surface area contributed by atoms with Crippen molar-refractivity contribution in [3.8, 4) is 10.6 Å². The summed E-state index contributed by atoms with van der Waals surface area (Å²) in [5.41, 5.74) is 9.45. The van der Waals surface area contributed by atoms with Crippen LogP contribution in [-0.4, -0.2) is 43.6 Å². The Labute approximate surface area is 167 Å². The van der Waals surface area contributed by atoms with E-state index >= 15 is 0 Å². The third-order valence-electron chi connectivity index (χ3n) is 6.00. The van der Waals surface area contributed by atoms with Crippen molar-refractivity contribution in [3.05, 3.63) is 46.7 Å². The number of nitrogens with two attached hydrogens (primary N) is 1. The van der Waals surface area contributed by atoms with E-state index in [1.807, 2.05) is 41.7 Å². The zero-order valence-electron chi connectivity index (χ0n) is 15.8. The SMILES string of the molecule is Cn1nc(-c2cccs2)cc1C(=O)N1CCCC2(CCc3cnc(N)nc32)C1. The fourth-order valence-corrected chi connectivity index (χ4v) is 5.31. The third kappa shape index (κ3) is 2.71. The largest absolute Gasteiger partial charge is 0.368 e. The molecule has 0 saturated carbocycles. The third-order valence-corrected chi connectivity index (χ3v) is 6.89. The van der Waals surface area contributed by atoms with E-state index in [0.717, 1.165) is 48.5 Å². The molecule has 1 saturated heterocycles. The summed E-state index contributed by atoms with van der Waals surface area (Å²) in [5.74, 6) is 0.350. The normalized spacial score (nSPS) is 21.2. The van der Waals surface area contributed by atoms with Crippen LogP contribution in [0.15, 0.2) is 29.8 Å². The maximum atomic E-state index is 13.3. The minimum atomic E-state index is -0.102. The Morgan fingerprint density at radius 3 is 3.07 bits per heavy atom. The second-order valence-corrected chi connectivity index (χ2v) is 8.68. The first-order chi connectivity index (χ1) is 13.6. The second-order valence-electron chi connectivity index (χ2n) is 7.73. The predicted molar refractivity (Wildman–Crippen MR) is 108 cm³/mol. The average Bonchev–Trinajstić information content (AvgIpc) is 3.42. The molecule has 0 bridgehead atoms.